The highest BCUT2D eigenvalue weighted by atomic mass is 32.1. The number of aryl methyl sites for hydroxylation is 1. The van der Waals surface area contributed by atoms with Crippen LogP contribution < -0.4 is 5.32 Å². The first-order valence-electron chi connectivity index (χ1n) is 5.75. The van der Waals surface area contributed by atoms with E-state index >= 15 is 0 Å². The summed E-state index contributed by atoms with van der Waals surface area (Å²) in [6, 6.07) is 4.78. The van der Waals surface area contributed by atoms with E-state index in [2.05, 4.69) is 33.1 Å². The van der Waals surface area contributed by atoms with Crippen LogP contribution in [0.25, 0.3) is 9.40 Å². The summed E-state index contributed by atoms with van der Waals surface area (Å²) in [4.78, 5) is 1.37. The van der Waals surface area contributed by atoms with E-state index in [-0.39, 0.29) is 0 Å². The van der Waals surface area contributed by atoms with Crippen LogP contribution in [0.5, 0.6) is 0 Å². The minimum atomic E-state index is 0.311. The Labute approximate surface area is 113 Å². The molecule has 0 radical (unpaired) electrons. The number of hydrogen-bond acceptors (Lipinski definition) is 5. The first kappa shape index (κ1) is 11.8. The smallest absolute Gasteiger partial charge is 0.0846 e. The first-order valence-corrected chi connectivity index (χ1v) is 7.45. The van der Waals surface area contributed by atoms with Gasteiger partial charge in [-0.1, -0.05) is 5.21 Å². The van der Waals surface area contributed by atoms with E-state index in [9.17, 15) is 0 Å². The Balaban J connectivity index is 1.85. The van der Waals surface area contributed by atoms with Gasteiger partial charge in [-0.05, 0) is 24.6 Å². The van der Waals surface area contributed by atoms with Crippen molar-refractivity contribution in [3.63, 3.8) is 0 Å². The summed E-state index contributed by atoms with van der Waals surface area (Å²) in [5.41, 5.74) is 1.02. The molecule has 1 unspecified atom stereocenters. The zero-order valence-corrected chi connectivity index (χ0v) is 11.9. The van der Waals surface area contributed by atoms with E-state index in [0.29, 0.717) is 6.04 Å². The fourth-order valence-corrected chi connectivity index (χ4v) is 4.23. The second kappa shape index (κ2) is 4.79. The van der Waals surface area contributed by atoms with Crippen LogP contribution in [0.1, 0.15) is 16.6 Å². The molecule has 1 atom stereocenters. The Morgan fingerprint density at radius 2 is 2.33 bits per heavy atom. The molecule has 0 fully saturated rings. The summed E-state index contributed by atoms with van der Waals surface area (Å²) in [5, 5.41) is 13.6. The van der Waals surface area contributed by atoms with Gasteiger partial charge in [0.05, 0.1) is 5.69 Å². The van der Waals surface area contributed by atoms with Gasteiger partial charge in [-0.3, -0.25) is 4.68 Å². The Kier molecular flexibility index (Phi) is 3.15. The molecule has 0 bridgehead atoms. The second-order valence-electron chi connectivity index (χ2n) is 4.23. The molecule has 0 aromatic carbocycles. The molecule has 3 rings (SSSR count). The van der Waals surface area contributed by atoms with E-state index in [1.807, 2.05) is 31.6 Å². The number of rotatable bonds is 4. The van der Waals surface area contributed by atoms with Crippen molar-refractivity contribution in [1.82, 2.24) is 20.3 Å². The van der Waals surface area contributed by atoms with Gasteiger partial charge in [0.2, 0.25) is 0 Å². The molecule has 0 aliphatic rings. The van der Waals surface area contributed by atoms with Crippen molar-refractivity contribution in [2.45, 2.75) is 12.5 Å². The molecule has 0 spiro atoms. The maximum Gasteiger partial charge on any atom is 0.0846 e. The van der Waals surface area contributed by atoms with Crippen LogP contribution in [0, 0.1) is 0 Å². The molecule has 0 saturated carbocycles. The molecule has 0 saturated heterocycles. The lowest BCUT2D eigenvalue weighted by molar-refractivity contribution is 0.593. The minimum Gasteiger partial charge on any atom is -0.312 e. The fourth-order valence-electron chi connectivity index (χ4n) is 2.00. The van der Waals surface area contributed by atoms with Crippen LogP contribution in [0.4, 0.5) is 0 Å². The van der Waals surface area contributed by atoms with Crippen LogP contribution in [-0.4, -0.2) is 22.0 Å². The molecule has 4 nitrogen and oxygen atoms in total. The Bertz CT molecular complexity index is 623. The molecule has 3 heterocycles. The fraction of sp³-hybridized carbons (Fsp3) is 0.333. The lowest BCUT2D eigenvalue weighted by Gasteiger charge is -2.12. The monoisotopic (exact) mass is 278 g/mol. The predicted molar refractivity (Wildman–Crippen MR) is 76.2 cm³/mol. The average molecular weight is 278 g/mol. The molecule has 6 heteroatoms. The maximum absolute atomic E-state index is 4.15. The highest BCUT2D eigenvalue weighted by Crippen LogP contribution is 2.34. The SMILES string of the molecule is CNC(Cc1cn(C)nn1)c1cc2sccc2s1. The van der Waals surface area contributed by atoms with Gasteiger partial charge in [0.1, 0.15) is 0 Å². The number of aromatic nitrogens is 3. The quantitative estimate of drug-likeness (QED) is 0.797. The number of hydrogen-bond donors (Lipinski definition) is 1. The lowest BCUT2D eigenvalue weighted by atomic mass is 10.1. The van der Waals surface area contributed by atoms with E-state index in [1.54, 1.807) is 16.0 Å². The van der Waals surface area contributed by atoms with Gasteiger partial charge in [-0.25, -0.2) is 0 Å². The molecule has 3 aromatic heterocycles. The summed E-state index contributed by atoms with van der Waals surface area (Å²) in [7, 11) is 3.89. The predicted octanol–water partition coefficient (Wildman–Crippen LogP) is 2.59. The number of thiophene rings is 2. The summed E-state index contributed by atoms with van der Waals surface area (Å²) in [6.45, 7) is 0. The molecular weight excluding hydrogens is 264 g/mol. The standard InChI is InChI=1S/C12H14N4S2/c1-13-9(5-8-7-16(2)15-14-8)11-6-12-10(18-11)3-4-17-12/h3-4,6-7,9,13H,5H2,1-2H3. The number of nitrogens with one attached hydrogen (secondary N) is 1. The van der Waals surface area contributed by atoms with E-state index < -0.39 is 0 Å². The van der Waals surface area contributed by atoms with Crippen LogP contribution in [0.3, 0.4) is 0 Å². The topological polar surface area (TPSA) is 42.7 Å². The van der Waals surface area contributed by atoms with Crippen molar-refractivity contribution >= 4 is 32.1 Å². The minimum absolute atomic E-state index is 0.311. The van der Waals surface area contributed by atoms with Crippen molar-refractivity contribution in [3.05, 3.63) is 34.3 Å². The normalized spacial score (nSPS) is 13.2. The van der Waals surface area contributed by atoms with Crippen LogP contribution in [0.15, 0.2) is 23.7 Å². The van der Waals surface area contributed by atoms with Crippen molar-refractivity contribution in [2.75, 3.05) is 7.05 Å². The molecule has 0 amide bonds. The van der Waals surface area contributed by atoms with Gasteiger partial charge >= 0.3 is 0 Å². The molecule has 0 aliphatic carbocycles. The van der Waals surface area contributed by atoms with E-state index in [1.165, 1.54) is 14.3 Å². The average Bonchev–Trinajstić information content (AvgIpc) is 3.00. The van der Waals surface area contributed by atoms with Crippen molar-refractivity contribution in [1.29, 1.82) is 0 Å². The second-order valence-corrected chi connectivity index (χ2v) is 6.29. The van der Waals surface area contributed by atoms with Gasteiger partial charge in [0, 0.05) is 40.0 Å². The Morgan fingerprint density at radius 1 is 1.44 bits per heavy atom. The molecule has 0 aliphatic heterocycles. The van der Waals surface area contributed by atoms with E-state index in [4.69, 9.17) is 0 Å². The van der Waals surface area contributed by atoms with Gasteiger partial charge in [0.25, 0.3) is 0 Å². The zero-order chi connectivity index (χ0) is 12.5. The van der Waals surface area contributed by atoms with Crippen LogP contribution in [0.2, 0.25) is 0 Å². The van der Waals surface area contributed by atoms with Crippen molar-refractivity contribution < 1.29 is 0 Å². The largest absolute Gasteiger partial charge is 0.312 e. The van der Waals surface area contributed by atoms with Gasteiger partial charge in [-0.15, -0.1) is 27.8 Å². The summed E-state index contributed by atoms with van der Waals surface area (Å²) in [5.74, 6) is 0. The third kappa shape index (κ3) is 2.19. The summed E-state index contributed by atoms with van der Waals surface area (Å²) < 4.78 is 4.48. The third-order valence-electron chi connectivity index (χ3n) is 2.91. The number of nitrogens with zero attached hydrogens (tertiary/aromatic N) is 3. The van der Waals surface area contributed by atoms with Crippen LogP contribution >= 0.6 is 22.7 Å². The molecular formula is C12H14N4S2. The molecule has 18 heavy (non-hydrogen) atoms. The highest BCUT2D eigenvalue weighted by Gasteiger charge is 2.15. The Morgan fingerprint density at radius 3 is 3.00 bits per heavy atom. The summed E-state index contributed by atoms with van der Waals surface area (Å²) in [6.07, 6.45) is 2.85. The summed E-state index contributed by atoms with van der Waals surface area (Å²) >= 11 is 3.65. The third-order valence-corrected chi connectivity index (χ3v) is 5.12. The van der Waals surface area contributed by atoms with Crippen molar-refractivity contribution in [3.8, 4) is 0 Å². The molecule has 3 aromatic rings. The number of likely N-dealkylation sites (N-methyl/N-ethyl adjacent to an activating group) is 1. The number of fused-ring (bicyclic) bond motifs is 1. The van der Waals surface area contributed by atoms with Crippen LogP contribution in [-0.2, 0) is 13.5 Å². The highest BCUT2D eigenvalue weighted by molar-refractivity contribution is 7.26. The van der Waals surface area contributed by atoms with Gasteiger partial charge in [-0.2, -0.15) is 0 Å². The molecule has 94 valence electrons. The first-order chi connectivity index (χ1) is 8.76. The Hall–Kier alpha value is -1.24. The maximum atomic E-state index is 4.15. The lowest BCUT2D eigenvalue weighted by Crippen LogP contribution is -2.17. The van der Waals surface area contributed by atoms with Crippen molar-refractivity contribution in [2.24, 2.45) is 7.05 Å². The zero-order valence-electron chi connectivity index (χ0n) is 10.3. The van der Waals surface area contributed by atoms with E-state index in [0.717, 1.165) is 12.1 Å². The van der Waals surface area contributed by atoms with Gasteiger partial charge < -0.3 is 5.32 Å². The molecule has 1 N–H and O–H groups in total. The van der Waals surface area contributed by atoms with Gasteiger partial charge in [0.15, 0.2) is 0 Å².